The molecule has 7 nitrogen and oxygen atoms in total. The van der Waals surface area contributed by atoms with Gasteiger partial charge >= 0.3 is 19.2 Å². The Morgan fingerprint density at radius 2 is 1.77 bits per heavy atom. The molecule has 3 rings (SSSR count). The summed E-state index contributed by atoms with van der Waals surface area (Å²) >= 11 is 0. The van der Waals surface area contributed by atoms with Crippen LogP contribution in [0.25, 0.3) is 0 Å². The van der Waals surface area contributed by atoms with Crippen LogP contribution >= 0.6 is 7.60 Å². The normalized spacial score (nSPS) is 22.7. The Morgan fingerprint density at radius 1 is 1.16 bits per heavy atom. The highest BCUT2D eigenvalue weighted by atomic mass is 31.2. The van der Waals surface area contributed by atoms with Crippen LogP contribution in [0.15, 0.2) is 11.1 Å². The molecule has 1 saturated carbocycles. The van der Waals surface area contributed by atoms with Gasteiger partial charge in [0.25, 0.3) is 0 Å². The van der Waals surface area contributed by atoms with Crippen LogP contribution in [-0.2, 0) is 32.6 Å². The molecule has 31 heavy (non-hydrogen) atoms. The summed E-state index contributed by atoms with van der Waals surface area (Å²) in [6.07, 6.45) is 1.91. The molecule has 0 radical (unpaired) electrons. The minimum Gasteiger partial charge on any atom is -0.463 e. The Kier molecular flexibility index (Phi) is 7.96. The number of esters is 1. The average molecular weight is 466 g/mol. The zero-order valence-corrected chi connectivity index (χ0v) is 19.4. The van der Waals surface area contributed by atoms with Gasteiger partial charge in [-0.05, 0) is 51.9 Å². The van der Waals surface area contributed by atoms with E-state index in [2.05, 4.69) is 0 Å². The quantitative estimate of drug-likeness (QED) is 0.311. The fourth-order valence-corrected chi connectivity index (χ4v) is 6.09. The van der Waals surface area contributed by atoms with Gasteiger partial charge in [-0.1, -0.05) is 5.57 Å². The maximum absolute atomic E-state index is 15.3. The van der Waals surface area contributed by atoms with Gasteiger partial charge in [-0.3, -0.25) is 4.57 Å². The third-order valence-electron chi connectivity index (χ3n) is 6.05. The number of alkyl halides is 2. The minimum absolute atomic E-state index is 0.00136. The van der Waals surface area contributed by atoms with Crippen LogP contribution in [0, 0.1) is 11.8 Å². The van der Waals surface area contributed by atoms with Crippen LogP contribution in [0.1, 0.15) is 59.3 Å². The zero-order valence-electron chi connectivity index (χ0n) is 18.5. The second-order valence-electron chi connectivity index (χ2n) is 8.16. The highest BCUT2D eigenvalue weighted by Gasteiger charge is 2.57. The minimum atomic E-state index is -4.64. The van der Waals surface area contributed by atoms with Crippen molar-refractivity contribution in [2.75, 3.05) is 33.0 Å². The fraction of sp³-hybridized carbons (Fsp3) is 0.857. The lowest BCUT2D eigenvalue weighted by molar-refractivity contribution is -0.169. The van der Waals surface area contributed by atoms with Gasteiger partial charge in [0.2, 0.25) is 0 Å². The maximum Gasteiger partial charge on any atom is 0.399 e. The lowest BCUT2D eigenvalue weighted by atomic mass is 9.77. The van der Waals surface area contributed by atoms with Crippen LogP contribution in [0.2, 0.25) is 0 Å². The van der Waals surface area contributed by atoms with Crippen molar-refractivity contribution in [3.63, 3.8) is 0 Å². The van der Waals surface area contributed by atoms with E-state index in [0.29, 0.717) is 37.2 Å². The summed E-state index contributed by atoms with van der Waals surface area (Å²) in [4.78, 5) is 12.8. The smallest absolute Gasteiger partial charge is 0.399 e. The summed E-state index contributed by atoms with van der Waals surface area (Å²) in [5.74, 6) is -2.03. The molecule has 2 fully saturated rings. The molecule has 0 N–H and O–H groups in total. The first-order valence-corrected chi connectivity index (χ1v) is 12.7. The first-order valence-electron chi connectivity index (χ1n) is 11.1. The molecule has 1 atom stereocenters. The molecule has 1 spiro atoms. The third-order valence-corrected chi connectivity index (χ3v) is 8.23. The SMILES string of the molecule is CCOC(=O)C1=C(C(CC(F)(F)P(=O)(OCC)OCC)C2CC2)CCC2(C1)OCCO2. The van der Waals surface area contributed by atoms with E-state index in [1.165, 1.54) is 13.8 Å². The molecule has 1 aliphatic heterocycles. The van der Waals surface area contributed by atoms with E-state index in [-0.39, 0.29) is 32.2 Å². The lowest BCUT2D eigenvalue weighted by Gasteiger charge is -2.37. The molecule has 1 unspecified atom stereocenters. The van der Waals surface area contributed by atoms with Gasteiger partial charge in [0, 0.05) is 24.8 Å². The Bertz CT molecular complexity index is 719. The van der Waals surface area contributed by atoms with Gasteiger partial charge in [-0.2, -0.15) is 8.78 Å². The number of allylic oxidation sites excluding steroid dienone is 1. The second kappa shape index (κ2) is 9.96. The van der Waals surface area contributed by atoms with E-state index in [9.17, 15) is 9.36 Å². The number of hydrogen-bond donors (Lipinski definition) is 0. The summed E-state index contributed by atoms with van der Waals surface area (Å²) in [6.45, 7) is 5.46. The molecule has 0 amide bonds. The topological polar surface area (TPSA) is 80.3 Å². The molecule has 0 bridgehead atoms. The van der Waals surface area contributed by atoms with E-state index < -0.39 is 37.4 Å². The summed E-state index contributed by atoms with van der Waals surface area (Å²) in [5, 5.41) is 0. The van der Waals surface area contributed by atoms with E-state index in [0.717, 1.165) is 12.8 Å². The largest absolute Gasteiger partial charge is 0.463 e. The Hall–Kier alpha value is -0.860. The number of ether oxygens (including phenoxy) is 3. The van der Waals surface area contributed by atoms with Crippen molar-refractivity contribution in [3.8, 4) is 0 Å². The third kappa shape index (κ3) is 5.38. The number of rotatable bonds is 11. The molecule has 0 aromatic rings. The van der Waals surface area contributed by atoms with Gasteiger partial charge in [-0.25, -0.2) is 4.79 Å². The van der Waals surface area contributed by atoms with Gasteiger partial charge in [0.15, 0.2) is 5.79 Å². The number of halogens is 2. The predicted octanol–water partition coefficient (Wildman–Crippen LogP) is 5.05. The average Bonchev–Trinajstić information content (AvgIpc) is 3.47. The van der Waals surface area contributed by atoms with Crippen molar-refractivity contribution in [1.29, 1.82) is 0 Å². The van der Waals surface area contributed by atoms with Gasteiger partial charge < -0.3 is 23.3 Å². The predicted molar refractivity (Wildman–Crippen MR) is 109 cm³/mol. The molecule has 178 valence electrons. The standard InChI is InChI=1S/C21H33F2O7P/c1-4-26-19(24)18-13-20(27-11-12-28-20)10-9-16(18)17(15-7-8-15)14-21(22,23)31(25,29-5-2)30-6-3/h15,17H,4-14H2,1-3H3. The number of hydrogen-bond acceptors (Lipinski definition) is 7. The van der Waals surface area contributed by atoms with Crippen molar-refractivity contribution < 1.29 is 41.4 Å². The summed E-state index contributed by atoms with van der Waals surface area (Å²) in [5.41, 5.74) is -2.68. The van der Waals surface area contributed by atoms with E-state index >= 15 is 8.78 Å². The monoisotopic (exact) mass is 466 g/mol. The molecule has 0 aromatic heterocycles. The van der Waals surface area contributed by atoms with Crippen molar-refractivity contribution in [1.82, 2.24) is 0 Å². The highest BCUT2D eigenvalue weighted by Crippen LogP contribution is 2.66. The Balaban J connectivity index is 1.94. The van der Waals surface area contributed by atoms with Crippen molar-refractivity contribution in [3.05, 3.63) is 11.1 Å². The van der Waals surface area contributed by atoms with E-state index in [4.69, 9.17) is 23.3 Å². The van der Waals surface area contributed by atoms with Crippen molar-refractivity contribution in [2.45, 2.75) is 70.7 Å². The summed E-state index contributed by atoms with van der Waals surface area (Å²) < 4.78 is 70.2. The molecule has 1 saturated heterocycles. The fourth-order valence-electron chi connectivity index (χ4n) is 4.54. The summed E-state index contributed by atoms with van der Waals surface area (Å²) in [6, 6.07) is 0. The van der Waals surface area contributed by atoms with Crippen LogP contribution < -0.4 is 0 Å². The van der Waals surface area contributed by atoms with Crippen LogP contribution in [0.4, 0.5) is 8.78 Å². The highest BCUT2D eigenvalue weighted by molar-refractivity contribution is 7.55. The molecule has 10 heteroatoms. The Morgan fingerprint density at radius 3 is 2.29 bits per heavy atom. The van der Waals surface area contributed by atoms with E-state index in [1.807, 2.05) is 0 Å². The van der Waals surface area contributed by atoms with Gasteiger partial charge in [-0.15, -0.1) is 0 Å². The first kappa shape index (κ1) is 24.8. The Labute approximate surface area is 182 Å². The molecule has 1 heterocycles. The van der Waals surface area contributed by atoms with Crippen LogP contribution in [0.3, 0.4) is 0 Å². The number of carbonyl (C=O) groups is 1. The van der Waals surface area contributed by atoms with Crippen molar-refractivity contribution in [2.24, 2.45) is 11.8 Å². The van der Waals surface area contributed by atoms with Crippen molar-refractivity contribution >= 4 is 13.6 Å². The van der Waals surface area contributed by atoms with Gasteiger partial charge in [0.05, 0.1) is 33.0 Å². The first-order chi connectivity index (χ1) is 14.7. The lowest BCUT2D eigenvalue weighted by Crippen LogP contribution is -2.38. The molecule has 3 aliphatic rings. The summed E-state index contributed by atoms with van der Waals surface area (Å²) in [7, 11) is -4.64. The second-order valence-corrected chi connectivity index (χ2v) is 10.3. The molecule has 0 aromatic carbocycles. The zero-order chi connectivity index (χ0) is 22.7. The molecule has 2 aliphatic carbocycles. The number of carbonyl (C=O) groups excluding carboxylic acids is 1. The van der Waals surface area contributed by atoms with Crippen LogP contribution in [0.5, 0.6) is 0 Å². The molecular weight excluding hydrogens is 433 g/mol. The van der Waals surface area contributed by atoms with E-state index in [1.54, 1.807) is 6.92 Å². The molecular formula is C21H33F2O7P. The van der Waals surface area contributed by atoms with Crippen LogP contribution in [-0.4, -0.2) is 50.5 Å². The van der Waals surface area contributed by atoms with Gasteiger partial charge in [0.1, 0.15) is 0 Å². The maximum atomic E-state index is 15.3.